The Morgan fingerprint density at radius 3 is 2.56 bits per heavy atom. The summed E-state index contributed by atoms with van der Waals surface area (Å²) >= 11 is 0. The van der Waals surface area contributed by atoms with Crippen molar-refractivity contribution in [3.8, 4) is 5.88 Å². The lowest BCUT2D eigenvalue weighted by Gasteiger charge is -2.31. The maximum Gasteiger partial charge on any atom is 0.419 e. The molecule has 4 atom stereocenters. The molecule has 2 amide bonds. The molecule has 3 N–H and O–H groups in total. The quantitative estimate of drug-likeness (QED) is 0.298. The Balaban J connectivity index is 1.22. The Bertz CT molecular complexity index is 1580. The van der Waals surface area contributed by atoms with Gasteiger partial charge in [0.25, 0.3) is 5.91 Å². The van der Waals surface area contributed by atoms with E-state index < -0.39 is 41.3 Å². The number of hydrogen-bond donors (Lipinski definition) is 3. The maximum atomic E-state index is 13.9. The van der Waals surface area contributed by atoms with Crippen LogP contribution >= 0.6 is 0 Å². The number of nitrogens with zero attached hydrogens (tertiary/aromatic N) is 3. The van der Waals surface area contributed by atoms with Crippen molar-refractivity contribution in [2.24, 2.45) is 17.8 Å². The smallest absolute Gasteiger partial charge is 0.419 e. The number of benzene rings is 2. The van der Waals surface area contributed by atoms with Crippen LogP contribution in [0.1, 0.15) is 35.2 Å². The molecule has 2 aromatic carbocycles. The van der Waals surface area contributed by atoms with Gasteiger partial charge >= 0.3 is 6.18 Å². The fourth-order valence-corrected chi connectivity index (χ4v) is 6.71. The fraction of sp³-hybridized carbons (Fsp3) is 0.419. The van der Waals surface area contributed by atoms with Crippen molar-refractivity contribution < 1.29 is 36.6 Å². The minimum Gasteiger partial charge on any atom is -0.480 e. The van der Waals surface area contributed by atoms with Crippen molar-refractivity contribution >= 4 is 34.7 Å². The third-order valence-electron chi connectivity index (χ3n) is 8.77. The first-order chi connectivity index (χ1) is 21.6. The van der Waals surface area contributed by atoms with E-state index in [9.17, 15) is 27.2 Å². The number of methoxy groups -OCH3 is 1. The number of morpholine rings is 1. The van der Waals surface area contributed by atoms with E-state index >= 15 is 0 Å². The number of ether oxygens (including phenoxy) is 2. The molecule has 10 nitrogen and oxygen atoms in total. The number of halogens is 4. The summed E-state index contributed by atoms with van der Waals surface area (Å²) < 4.78 is 64.5. The summed E-state index contributed by atoms with van der Waals surface area (Å²) in [7, 11) is 1.38. The number of carbonyl (C=O) groups is 2. The Hall–Kier alpha value is -4.46. The molecule has 0 unspecified atom stereocenters. The first-order valence-corrected chi connectivity index (χ1v) is 14.7. The van der Waals surface area contributed by atoms with E-state index in [4.69, 9.17) is 9.47 Å². The van der Waals surface area contributed by atoms with Crippen molar-refractivity contribution in [2.45, 2.75) is 31.5 Å². The number of fused-ring (bicyclic) bond motifs is 2. The predicted molar refractivity (Wildman–Crippen MR) is 157 cm³/mol. The summed E-state index contributed by atoms with van der Waals surface area (Å²) in [5, 5.41) is 8.71. The standard InChI is InChI=1S/C31H32F4N6O4/c1-44-30-25(27(36-16-37-30)38-19-3-2-4-21(14-19)41-9-11-45-12-10-41)29(43)40-26-18-6-5-17(13-18)24(26)28(42)39-20-7-8-23(32)22(15-20)31(33,34)35/h2-4,7-8,14-18,24,26H,5-6,9-13H2,1H3,(H,39,42)(H,40,43)(H,36,37,38)/t17-,18+,24+,26-/m1/s1. The number of alkyl halides is 3. The van der Waals surface area contributed by atoms with Crippen LogP contribution in [-0.4, -0.2) is 61.2 Å². The molecule has 2 bridgehead atoms. The molecule has 1 aliphatic heterocycles. The molecule has 3 fully saturated rings. The second kappa shape index (κ2) is 12.5. The molecule has 1 saturated heterocycles. The van der Waals surface area contributed by atoms with E-state index in [1.807, 2.05) is 24.3 Å². The molecule has 0 spiro atoms. The number of rotatable bonds is 8. The second-order valence-electron chi connectivity index (χ2n) is 11.4. The van der Waals surface area contributed by atoms with Crippen molar-refractivity contribution in [1.82, 2.24) is 15.3 Å². The van der Waals surface area contributed by atoms with E-state index in [0.29, 0.717) is 37.5 Å². The van der Waals surface area contributed by atoms with Crippen LogP contribution in [-0.2, 0) is 15.7 Å². The van der Waals surface area contributed by atoms with Crippen LogP contribution in [0.5, 0.6) is 5.88 Å². The van der Waals surface area contributed by atoms with Gasteiger partial charge in [0.05, 0.1) is 31.8 Å². The van der Waals surface area contributed by atoms with Gasteiger partial charge in [-0.1, -0.05) is 6.07 Å². The highest BCUT2D eigenvalue weighted by Gasteiger charge is 2.51. The summed E-state index contributed by atoms with van der Waals surface area (Å²) in [4.78, 5) is 38.0. The third-order valence-corrected chi connectivity index (χ3v) is 8.77. The monoisotopic (exact) mass is 628 g/mol. The van der Waals surface area contributed by atoms with Gasteiger partial charge in [-0.3, -0.25) is 9.59 Å². The molecule has 1 aromatic heterocycles. The van der Waals surface area contributed by atoms with E-state index in [-0.39, 0.29) is 34.8 Å². The molecule has 3 aromatic rings. The highest BCUT2D eigenvalue weighted by molar-refractivity contribution is 6.02. The van der Waals surface area contributed by atoms with Crippen LogP contribution in [0.2, 0.25) is 0 Å². The fourth-order valence-electron chi connectivity index (χ4n) is 6.71. The maximum absolute atomic E-state index is 13.9. The first-order valence-electron chi connectivity index (χ1n) is 14.7. The SMILES string of the molecule is COc1ncnc(Nc2cccc(N3CCOCC3)c2)c1C(=O)N[C@@H]1[C@H]2CC[C@H](C2)[C@@H]1C(=O)Nc1ccc(F)c(C(F)(F)F)c1. The molecular weight excluding hydrogens is 596 g/mol. The second-order valence-corrected chi connectivity index (χ2v) is 11.4. The Labute approximate surface area is 256 Å². The molecule has 2 saturated carbocycles. The number of aromatic nitrogens is 2. The Morgan fingerprint density at radius 1 is 1.02 bits per heavy atom. The van der Waals surface area contributed by atoms with Crippen LogP contribution in [0.25, 0.3) is 0 Å². The highest BCUT2D eigenvalue weighted by Crippen LogP contribution is 2.49. The zero-order chi connectivity index (χ0) is 31.7. The van der Waals surface area contributed by atoms with Crippen molar-refractivity contribution in [3.05, 3.63) is 65.7 Å². The number of amides is 2. The van der Waals surface area contributed by atoms with Gasteiger partial charge in [0.2, 0.25) is 11.8 Å². The summed E-state index contributed by atoms with van der Waals surface area (Å²) in [5.41, 5.74) is 0.0699. The lowest BCUT2D eigenvalue weighted by atomic mass is 9.83. The van der Waals surface area contributed by atoms with Gasteiger partial charge in [0, 0.05) is 36.2 Å². The number of anilines is 4. The summed E-state index contributed by atoms with van der Waals surface area (Å²) in [6.07, 6.45) is -1.43. The molecule has 6 rings (SSSR count). The van der Waals surface area contributed by atoms with Gasteiger partial charge in [0.1, 0.15) is 17.7 Å². The Morgan fingerprint density at radius 2 is 1.80 bits per heavy atom. The van der Waals surface area contributed by atoms with E-state index in [1.54, 1.807) is 0 Å². The molecule has 14 heteroatoms. The summed E-state index contributed by atoms with van der Waals surface area (Å²) in [6, 6.07) is 9.40. The summed E-state index contributed by atoms with van der Waals surface area (Å²) in [6.45, 7) is 2.76. The zero-order valence-electron chi connectivity index (χ0n) is 24.4. The lowest BCUT2D eigenvalue weighted by Crippen LogP contribution is -2.48. The number of carbonyl (C=O) groups excluding carboxylic acids is 2. The predicted octanol–water partition coefficient (Wildman–Crippen LogP) is 5.01. The molecule has 238 valence electrons. The van der Waals surface area contributed by atoms with Crippen molar-refractivity contribution in [2.75, 3.05) is 48.9 Å². The van der Waals surface area contributed by atoms with Crippen molar-refractivity contribution in [3.63, 3.8) is 0 Å². The normalized spacial score (nSPS) is 22.6. The zero-order valence-corrected chi connectivity index (χ0v) is 24.4. The summed E-state index contributed by atoms with van der Waals surface area (Å²) in [5.74, 6) is -3.08. The molecular formula is C31H32F4N6O4. The van der Waals surface area contributed by atoms with Gasteiger partial charge in [-0.2, -0.15) is 13.2 Å². The molecule has 2 heterocycles. The minimum absolute atomic E-state index is 0.00843. The van der Waals surface area contributed by atoms with Crippen LogP contribution in [0.3, 0.4) is 0 Å². The van der Waals surface area contributed by atoms with Crippen molar-refractivity contribution in [1.29, 1.82) is 0 Å². The number of nitrogens with one attached hydrogen (secondary N) is 3. The number of hydrogen-bond acceptors (Lipinski definition) is 8. The van der Waals surface area contributed by atoms with Gasteiger partial charge in [-0.25, -0.2) is 14.4 Å². The molecule has 3 aliphatic rings. The molecule has 0 radical (unpaired) electrons. The largest absolute Gasteiger partial charge is 0.480 e. The molecule has 2 aliphatic carbocycles. The van der Waals surface area contributed by atoms with Crippen LogP contribution in [0.15, 0.2) is 48.8 Å². The average molecular weight is 629 g/mol. The average Bonchev–Trinajstić information content (AvgIpc) is 3.64. The van der Waals surface area contributed by atoms with Crippen LogP contribution in [0, 0.1) is 23.6 Å². The van der Waals surface area contributed by atoms with Gasteiger partial charge in [-0.05, 0) is 67.5 Å². The van der Waals surface area contributed by atoms with Gasteiger partial charge < -0.3 is 30.3 Å². The van der Waals surface area contributed by atoms with Crippen LogP contribution in [0.4, 0.5) is 40.4 Å². The first kappa shape index (κ1) is 30.6. The minimum atomic E-state index is -4.92. The molecule has 45 heavy (non-hydrogen) atoms. The third kappa shape index (κ3) is 6.37. The topological polar surface area (TPSA) is 118 Å². The highest BCUT2D eigenvalue weighted by atomic mass is 19.4. The Kier molecular flexibility index (Phi) is 8.49. The lowest BCUT2D eigenvalue weighted by molar-refractivity contribution is -0.140. The van der Waals surface area contributed by atoms with Gasteiger partial charge in [-0.15, -0.1) is 0 Å². The van der Waals surface area contributed by atoms with E-state index in [0.717, 1.165) is 37.7 Å². The van der Waals surface area contributed by atoms with Gasteiger partial charge in [0.15, 0.2) is 5.82 Å². The van der Waals surface area contributed by atoms with E-state index in [1.165, 1.54) is 13.4 Å². The van der Waals surface area contributed by atoms with E-state index in [2.05, 4.69) is 30.8 Å². The van der Waals surface area contributed by atoms with Crippen LogP contribution < -0.4 is 25.6 Å².